The van der Waals surface area contributed by atoms with E-state index in [9.17, 15) is 9.50 Å². The van der Waals surface area contributed by atoms with Crippen molar-refractivity contribution in [1.29, 1.82) is 0 Å². The van der Waals surface area contributed by atoms with Crippen LogP contribution in [0.4, 0.5) is 4.39 Å². The normalized spacial score (nSPS) is 21.8. The number of ether oxygens (including phenoxy) is 1. The van der Waals surface area contributed by atoms with Gasteiger partial charge in [-0.1, -0.05) is 6.07 Å². The van der Waals surface area contributed by atoms with E-state index < -0.39 is 6.10 Å². The smallest absolute Gasteiger partial charge is 0.123 e. The number of aliphatic hydroxyl groups is 1. The maximum absolute atomic E-state index is 13.2. The quantitative estimate of drug-likeness (QED) is 0.888. The van der Waals surface area contributed by atoms with Gasteiger partial charge in [-0.2, -0.15) is 0 Å². The molecular weight excluding hydrogens is 231 g/mol. The molecule has 1 aliphatic heterocycles. The van der Waals surface area contributed by atoms with Crippen LogP contribution in [0.1, 0.15) is 49.3 Å². The Labute approximate surface area is 108 Å². The molecule has 1 fully saturated rings. The lowest BCUT2D eigenvalue weighted by molar-refractivity contribution is 0.00207. The second-order valence-corrected chi connectivity index (χ2v) is 5.08. The summed E-state index contributed by atoms with van der Waals surface area (Å²) in [5.41, 5.74) is 1.64. The average molecular weight is 252 g/mol. The highest BCUT2D eigenvalue weighted by Gasteiger charge is 2.17. The summed E-state index contributed by atoms with van der Waals surface area (Å²) in [4.78, 5) is 0. The van der Waals surface area contributed by atoms with Gasteiger partial charge in [-0.3, -0.25) is 0 Å². The van der Waals surface area contributed by atoms with Crippen LogP contribution in [0.15, 0.2) is 18.2 Å². The fourth-order valence-corrected chi connectivity index (χ4v) is 2.50. The molecule has 0 spiro atoms. The lowest BCUT2D eigenvalue weighted by Crippen LogP contribution is -2.19. The van der Waals surface area contributed by atoms with Crippen molar-refractivity contribution >= 4 is 0 Å². The Balaban J connectivity index is 1.90. The Hall–Kier alpha value is -0.930. The summed E-state index contributed by atoms with van der Waals surface area (Å²) >= 11 is 0. The number of benzene rings is 1. The molecule has 0 amide bonds. The number of hydrogen-bond donors (Lipinski definition) is 1. The van der Waals surface area contributed by atoms with Gasteiger partial charge in [0.1, 0.15) is 5.82 Å². The van der Waals surface area contributed by atoms with E-state index in [2.05, 4.69) is 0 Å². The molecule has 0 aromatic heterocycles. The Morgan fingerprint density at radius 2 is 2.28 bits per heavy atom. The second-order valence-electron chi connectivity index (χ2n) is 5.08. The Bertz CT molecular complexity index is 386. The molecule has 2 unspecified atom stereocenters. The molecule has 2 nitrogen and oxygen atoms in total. The van der Waals surface area contributed by atoms with Crippen LogP contribution >= 0.6 is 0 Å². The largest absolute Gasteiger partial charge is 0.388 e. The third-order valence-electron chi connectivity index (χ3n) is 3.64. The highest BCUT2D eigenvalue weighted by molar-refractivity contribution is 5.28. The van der Waals surface area contributed by atoms with Crippen molar-refractivity contribution in [2.24, 2.45) is 0 Å². The van der Waals surface area contributed by atoms with Crippen LogP contribution in [0.3, 0.4) is 0 Å². The molecule has 1 aromatic carbocycles. The van der Waals surface area contributed by atoms with Crippen molar-refractivity contribution in [3.63, 3.8) is 0 Å². The van der Waals surface area contributed by atoms with Crippen LogP contribution in [0.25, 0.3) is 0 Å². The molecule has 1 saturated heterocycles. The lowest BCUT2D eigenvalue weighted by Gasteiger charge is -2.24. The molecule has 100 valence electrons. The standard InChI is InChI=1S/C15H21FO2/c1-11-5-6-12(16)10-14(11)15(17)8-7-13-4-2-3-9-18-13/h5-6,10,13,15,17H,2-4,7-9H2,1H3. The van der Waals surface area contributed by atoms with Gasteiger partial charge in [0, 0.05) is 6.61 Å². The Morgan fingerprint density at radius 1 is 1.44 bits per heavy atom. The topological polar surface area (TPSA) is 29.5 Å². The number of hydrogen-bond acceptors (Lipinski definition) is 2. The van der Waals surface area contributed by atoms with Gasteiger partial charge in [0.2, 0.25) is 0 Å². The minimum Gasteiger partial charge on any atom is -0.388 e. The number of aliphatic hydroxyl groups excluding tert-OH is 1. The minimum absolute atomic E-state index is 0.266. The van der Waals surface area contributed by atoms with Crippen LogP contribution < -0.4 is 0 Å². The molecule has 18 heavy (non-hydrogen) atoms. The summed E-state index contributed by atoms with van der Waals surface area (Å²) in [7, 11) is 0. The molecule has 0 aliphatic carbocycles. The SMILES string of the molecule is Cc1ccc(F)cc1C(O)CCC1CCCCO1. The molecule has 0 bridgehead atoms. The predicted octanol–water partition coefficient (Wildman–Crippen LogP) is 3.52. The van der Waals surface area contributed by atoms with Crippen LogP contribution in [0.5, 0.6) is 0 Å². The first-order valence-corrected chi connectivity index (χ1v) is 6.72. The molecule has 1 N–H and O–H groups in total. The first kappa shape index (κ1) is 13.5. The van der Waals surface area contributed by atoms with Crippen molar-refractivity contribution < 1.29 is 14.2 Å². The molecule has 2 rings (SSSR count). The number of aryl methyl sites for hydroxylation is 1. The molecular formula is C15H21FO2. The van der Waals surface area contributed by atoms with Gasteiger partial charge >= 0.3 is 0 Å². The van der Waals surface area contributed by atoms with Crippen molar-refractivity contribution in [3.8, 4) is 0 Å². The van der Waals surface area contributed by atoms with Gasteiger partial charge < -0.3 is 9.84 Å². The van der Waals surface area contributed by atoms with Crippen molar-refractivity contribution in [3.05, 3.63) is 35.1 Å². The number of rotatable bonds is 4. The van der Waals surface area contributed by atoms with Gasteiger partial charge in [-0.25, -0.2) is 4.39 Å². The predicted molar refractivity (Wildman–Crippen MR) is 68.9 cm³/mol. The van der Waals surface area contributed by atoms with E-state index in [1.165, 1.54) is 18.6 Å². The zero-order valence-corrected chi connectivity index (χ0v) is 10.9. The first-order valence-electron chi connectivity index (χ1n) is 6.72. The molecule has 1 aliphatic rings. The minimum atomic E-state index is -0.591. The Morgan fingerprint density at radius 3 is 3.00 bits per heavy atom. The highest BCUT2D eigenvalue weighted by Crippen LogP contribution is 2.26. The zero-order chi connectivity index (χ0) is 13.0. The summed E-state index contributed by atoms with van der Waals surface area (Å²) in [5, 5.41) is 10.1. The summed E-state index contributed by atoms with van der Waals surface area (Å²) in [6.07, 6.45) is 4.58. The van der Waals surface area contributed by atoms with E-state index in [0.29, 0.717) is 12.0 Å². The van der Waals surface area contributed by atoms with E-state index in [1.54, 1.807) is 6.07 Å². The summed E-state index contributed by atoms with van der Waals surface area (Å²) in [6, 6.07) is 4.57. The summed E-state index contributed by atoms with van der Waals surface area (Å²) in [6.45, 7) is 2.73. The monoisotopic (exact) mass is 252 g/mol. The lowest BCUT2D eigenvalue weighted by atomic mass is 9.96. The van der Waals surface area contributed by atoms with Crippen molar-refractivity contribution in [2.75, 3.05) is 6.61 Å². The molecule has 0 saturated carbocycles. The fraction of sp³-hybridized carbons (Fsp3) is 0.600. The van der Waals surface area contributed by atoms with Gasteiger partial charge in [-0.05, 0) is 62.3 Å². The third-order valence-corrected chi connectivity index (χ3v) is 3.64. The van der Waals surface area contributed by atoms with Crippen LogP contribution in [-0.2, 0) is 4.74 Å². The molecule has 3 heteroatoms. The van der Waals surface area contributed by atoms with Gasteiger partial charge in [0.15, 0.2) is 0 Å². The maximum atomic E-state index is 13.2. The molecule has 2 atom stereocenters. The van der Waals surface area contributed by atoms with Gasteiger partial charge in [0.25, 0.3) is 0 Å². The molecule has 1 aromatic rings. The van der Waals surface area contributed by atoms with E-state index >= 15 is 0 Å². The Kier molecular flexibility index (Phi) is 4.72. The number of halogens is 1. The van der Waals surface area contributed by atoms with E-state index in [0.717, 1.165) is 31.4 Å². The maximum Gasteiger partial charge on any atom is 0.123 e. The average Bonchev–Trinajstić information content (AvgIpc) is 2.40. The molecule has 0 radical (unpaired) electrons. The third kappa shape index (κ3) is 3.53. The van der Waals surface area contributed by atoms with E-state index in [4.69, 9.17) is 4.74 Å². The van der Waals surface area contributed by atoms with Crippen molar-refractivity contribution in [2.45, 2.75) is 51.2 Å². The highest BCUT2D eigenvalue weighted by atomic mass is 19.1. The van der Waals surface area contributed by atoms with E-state index in [1.807, 2.05) is 6.92 Å². The van der Waals surface area contributed by atoms with Gasteiger partial charge in [-0.15, -0.1) is 0 Å². The molecule has 1 heterocycles. The fourth-order valence-electron chi connectivity index (χ4n) is 2.50. The summed E-state index contributed by atoms with van der Waals surface area (Å²) in [5.74, 6) is -0.288. The van der Waals surface area contributed by atoms with Crippen LogP contribution in [0, 0.1) is 12.7 Å². The van der Waals surface area contributed by atoms with Crippen LogP contribution in [0.2, 0.25) is 0 Å². The first-order chi connectivity index (χ1) is 8.66. The second kappa shape index (κ2) is 6.30. The zero-order valence-electron chi connectivity index (χ0n) is 10.9. The van der Waals surface area contributed by atoms with Crippen LogP contribution in [-0.4, -0.2) is 17.8 Å². The van der Waals surface area contributed by atoms with Gasteiger partial charge in [0.05, 0.1) is 12.2 Å². The summed E-state index contributed by atoms with van der Waals surface area (Å²) < 4.78 is 18.8. The van der Waals surface area contributed by atoms with Crippen molar-refractivity contribution in [1.82, 2.24) is 0 Å². The van der Waals surface area contributed by atoms with E-state index in [-0.39, 0.29) is 11.9 Å².